The molecule has 2 N–H and O–H groups in total. The Morgan fingerprint density at radius 3 is 2.56 bits per heavy atom. The maximum atomic E-state index is 12.7. The predicted octanol–water partition coefficient (Wildman–Crippen LogP) is 4.58. The van der Waals surface area contributed by atoms with E-state index in [1.807, 2.05) is 60.8 Å². The number of benzene rings is 2. The minimum absolute atomic E-state index is 0.118. The molecule has 136 valence electrons. The predicted molar refractivity (Wildman–Crippen MR) is 111 cm³/mol. The van der Waals surface area contributed by atoms with Crippen molar-refractivity contribution in [3.63, 3.8) is 0 Å². The van der Waals surface area contributed by atoms with Gasteiger partial charge >= 0.3 is 0 Å². The molecule has 6 heteroatoms. The summed E-state index contributed by atoms with van der Waals surface area (Å²) in [4.78, 5) is 21.0. The van der Waals surface area contributed by atoms with Crippen molar-refractivity contribution in [2.75, 3.05) is 12.4 Å². The number of H-pyrrole nitrogens is 1. The third-order valence-corrected chi connectivity index (χ3v) is 5.28. The van der Waals surface area contributed by atoms with Gasteiger partial charge in [-0.1, -0.05) is 29.8 Å². The molecule has 2 heterocycles. The Kier molecular flexibility index (Phi) is 4.64. The van der Waals surface area contributed by atoms with Crippen LogP contribution in [0.2, 0.25) is 0 Å². The number of nitrogens with zero attached hydrogens (tertiary/aromatic N) is 1. The van der Waals surface area contributed by atoms with Gasteiger partial charge in [0.2, 0.25) is 0 Å². The summed E-state index contributed by atoms with van der Waals surface area (Å²) in [7, 11) is 1.63. The fraction of sp³-hybridized carbons (Fsp3) is 0.143. The first kappa shape index (κ1) is 17.3. The molecule has 2 aromatic heterocycles. The molecule has 0 bridgehead atoms. The second kappa shape index (κ2) is 7.25. The number of methoxy groups -OCH3 is 1. The number of aromatic nitrogens is 2. The fourth-order valence-electron chi connectivity index (χ4n) is 2.92. The number of fused-ring (bicyclic) bond motifs is 1. The molecule has 0 saturated heterocycles. The van der Waals surface area contributed by atoms with E-state index in [4.69, 9.17) is 4.74 Å². The number of aromatic amines is 1. The highest BCUT2D eigenvalue weighted by Gasteiger charge is 2.13. The molecule has 0 spiro atoms. The molecule has 0 aliphatic rings. The van der Waals surface area contributed by atoms with E-state index in [0.29, 0.717) is 17.8 Å². The van der Waals surface area contributed by atoms with Crippen LogP contribution < -0.4 is 15.6 Å². The first-order chi connectivity index (χ1) is 13.1. The first-order valence-corrected chi connectivity index (χ1v) is 9.47. The highest BCUT2D eigenvalue weighted by molar-refractivity contribution is 7.17. The Hall–Kier alpha value is -3.12. The van der Waals surface area contributed by atoms with E-state index >= 15 is 0 Å². The topological polar surface area (TPSA) is 67.0 Å². The number of hydrogen-bond donors (Lipinski definition) is 2. The van der Waals surface area contributed by atoms with E-state index in [-0.39, 0.29) is 5.56 Å². The Balaban J connectivity index is 1.62. The summed E-state index contributed by atoms with van der Waals surface area (Å²) in [5.41, 5.74) is 3.95. The molecule has 4 rings (SSSR count). The maximum Gasteiger partial charge on any atom is 0.260 e. The lowest BCUT2D eigenvalue weighted by Crippen LogP contribution is -2.14. The molecule has 0 fully saturated rings. The van der Waals surface area contributed by atoms with Crippen LogP contribution in [-0.4, -0.2) is 17.1 Å². The Labute approximate surface area is 160 Å². The third kappa shape index (κ3) is 3.57. The van der Waals surface area contributed by atoms with Crippen LogP contribution in [0.5, 0.6) is 5.75 Å². The molecular formula is C21H19N3O2S. The number of hydrogen-bond acceptors (Lipinski definition) is 5. The third-order valence-electron chi connectivity index (χ3n) is 4.41. The number of ether oxygens (including phenoxy) is 1. The lowest BCUT2D eigenvalue weighted by atomic mass is 10.1. The van der Waals surface area contributed by atoms with Crippen molar-refractivity contribution < 1.29 is 4.74 Å². The van der Waals surface area contributed by atoms with Gasteiger partial charge in [-0.2, -0.15) is 0 Å². The van der Waals surface area contributed by atoms with Crippen LogP contribution in [0.4, 0.5) is 5.69 Å². The molecule has 2 aromatic carbocycles. The van der Waals surface area contributed by atoms with Gasteiger partial charge in [0.05, 0.1) is 19.0 Å². The average Bonchev–Trinajstić information content (AvgIpc) is 3.12. The van der Waals surface area contributed by atoms with Crippen LogP contribution in [0.1, 0.15) is 11.4 Å². The summed E-state index contributed by atoms with van der Waals surface area (Å²) in [5, 5.41) is 5.90. The number of nitrogens with one attached hydrogen (secondary N) is 2. The van der Waals surface area contributed by atoms with Crippen molar-refractivity contribution in [3.05, 3.63) is 75.7 Å². The molecule has 5 nitrogen and oxygen atoms in total. The van der Waals surface area contributed by atoms with Crippen molar-refractivity contribution in [1.82, 2.24) is 9.97 Å². The van der Waals surface area contributed by atoms with Crippen molar-refractivity contribution in [3.8, 4) is 16.9 Å². The highest BCUT2D eigenvalue weighted by atomic mass is 32.1. The molecular weight excluding hydrogens is 358 g/mol. The van der Waals surface area contributed by atoms with Crippen LogP contribution in [0.3, 0.4) is 0 Å². The number of aryl methyl sites for hydroxylation is 1. The molecule has 0 amide bonds. The van der Waals surface area contributed by atoms with Crippen molar-refractivity contribution in [2.24, 2.45) is 0 Å². The summed E-state index contributed by atoms with van der Waals surface area (Å²) in [6, 6.07) is 15.8. The maximum absolute atomic E-state index is 12.7. The minimum Gasteiger partial charge on any atom is -0.497 e. The van der Waals surface area contributed by atoms with Crippen LogP contribution in [0, 0.1) is 6.92 Å². The van der Waals surface area contributed by atoms with Crippen molar-refractivity contribution in [2.45, 2.75) is 13.5 Å². The minimum atomic E-state index is -0.118. The van der Waals surface area contributed by atoms with Gasteiger partial charge < -0.3 is 15.0 Å². The van der Waals surface area contributed by atoms with Gasteiger partial charge in [-0.3, -0.25) is 4.79 Å². The standard InChI is InChI=1S/C21H19N3O2S/c1-13-3-7-15(8-4-13)22-11-18-23-20(25)19-17(12-27-21(19)24-18)14-5-9-16(26-2)10-6-14/h3-10,12,22H,11H2,1-2H3,(H,23,24,25). The molecule has 0 radical (unpaired) electrons. The second-order valence-electron chi connectivity index (χ2n) is 6.29. The van der Waals surface area contributed by atoms with Gasteiger partial charge in [0.25, 0.3) is 5.56 Å². The van der Waals surface area contributed by atoms with Gasteiger partial charge in [0, 0.05) is 16.6 Å². The molecule has 27 heavy (non-hydrogen) atoms. The van der Waals surface area contributed by atoms with E-state index in [9.17, 15) is 4.79 Å². The molecule has 0 unspecified atom stereocenters. The first-order valence-electron chi connectivity index (χ1n) is 8.59. The van der Waals surface area contributed by atoms with Gasteiger partial charge in [0.15, 0.2) is 0 Å². The number of rotatable bonds is 5. The van der Waals surface area contributed by atoms with Crippen molar-refractivity contribution in [1.29, 1.82) is 0 Å². The fourth-order valence-corrected chi connectivity index (χ4v) is 3.88. The summed E-state index contributed by atoms with van der Waals surface area (Å²) >= 11 is 1.48. The van der Waals surface area contributed by atoms with E-state index in [2.05, 4.69) is 15.3 Å². The van der Waals surface area contributed by atoms with E-state index in [1.165, 1.54) is 16.9 Å². The lowest BCUT2D eigenvalue weighted by Gasteiger charge is -2.07. The lowest BCUT2D eigenvalue weighted by molar-refractivity contribution is 0.415. The largest absolute Gasteiger partial charge is 0.497 e. The normalized spacial score (nSPS) is 10.9. The Morgan fingerprint density at radius 1 is 1.11 bits per heavy atom. The summed E-state index contributed by atoms with van der Waals surface area (Å²) in [6.07, 6.45) is 0. The second-order valence-corrected chi connectivity index (χ2v) is 7.15. The van der Waals surface area contributed by atoms with E-state index in [1.54, 1.807) is 7.11 Å². The van der Waals surface area contributed by atoms with Crippen molar-refractivity contribution >= 4 is 27.2 Å². The summed E-state index contributed by atoms with van der Waals surface area (Å²) < 4.78 is 5.20. The molecule has 0 aliphatic carbocycles. The van der Waals surface area contributed by atoms with E-state index < -0.39 is 0 Å². The van der Waals surface area contributed by atoms with Gasteiger partial charge in [-0.25, -0.2) is 4.98 Å². The SMILES string of the molecule is COc1ccc(-c2csc3nc(CNc4ccc(C)cc4)[nH]c(=O)c23)cc1. The van der Waals surface area contributed by atoms with Gasteiger partial charge in [-0.15, -0.1) is 11.3 Å². The van der Waals surface area contributed by atoms with E-state index in [0.717, 1.165) is 27.4 Å². The quantitative estimate of drug-likeness (QED) is 0.534. The number of thiophene rings is 1. The monoisotopic (exact) mass is 377 g/mol. The summed E-state index contributed by atoms with van der Waals surface area (Å²) in [6.45, 7) is 2.51. The highest BCUT2D eigenvalue weighted by Crippen LogP contribution is 2.31. The zero-order valence-electron chi connectivity index (χ0n) is 15.1. The smallest absolute Gasteiger partial charge is 0.260 e. The molecule has 0 aliphatic heterocycles. The van der Waals surface area contributed by atoms with Gasteiger partial charge in [-0.05, 0) is 36.8 Å². The zero-order valence-corrected chi connectivity index (χ0v) is 15.9. The van der Waals surface area contributed by atoms with Crippen LogP contribution >= 0.6 is 11.3 Å². The Bertz CT molecular complexity index is 1130. The van der Waals surface area contributed by atoms with Crippen LogP contribution in [-0.2, 0) is 6.54 Å². The summed E-state index contributed by atoms with van der Waals surface area (Å²) in [5.74, 6) is 1.41. The molecule has 4 aromatic rings. The van der Waals surface area contributed by atoms with Crippen LogP contribution in [0.25, 0.3) is 21.3 Å². The molecule has 0 atom stereocenters. The average molecular weight is 377 g/mol. The van der Waals surface area contributed by atoms with Gasteiger partial charge in [0.1, 0.15) is 16.4 Å². The Morgan fingerprint density at radius 2 is 1.85 bits per heavy atom. The number of anilines is 1. The van der Waals surface area contributed by atoms with Crippen LogP contribution in [0.15, 0.2) is 58.7 Å². The molecule has 0 saturated carbocycles. The zero-order chi connectivity index (χ0) is 18.8.